The summed E-state index contributed by atoms with van der Waals surface area (Å²) in [5, 5.41) is 14.0. The van der Waals surface area contributed by atoms with Crippen LogP contribution in [0.4, 0.5) is 22.0 Å². The Balaban J connectivity index is 2.02. The van der Waals surface area contributed by atoms with E-state index < -0.39 is 70.3 Å². The number of phenolic OH excluding ortho intramolecular Hbond substituents is 1. The molecule has 2 fully saturated rings. The third-order valence-corrected chi connectivity index (χ3v) is 6.84. The summed E-state index contributed by atoms with van der Waals surface area (Å²) in [5.41, 5.74) is -3.71. The van der Waals surface area contributed by atoms with E-state index in [2.05, 4.69) is 10.6 Å². The SMILES string of the molecule is CC(=O)NC1CCC(C(=O)NC(c2c(F)c(O)cc(Cl)c2F)C2(C(F)(F)F)CCCC2)C1. The number of phenols is 1. The molecule has 178 valence electrons. The molecule has 2 aliphatic rings. The molecule has 0 spiro atoms. The zero-order valence-corrected chi connectivity index (χ0v) is 18.0. The number of hydrogen-bond acceptors (Lipinski definition) is 3. The Morgan fingerprint density at radius 3 is 2.38 bits per heavy atom. The van der Waals surface area contributed by atoms with Crippen molar-refractivity contribution in [3.8, 4) is 5.75 Å². The summed E-state index contributed by atoms with van der Waals surface area (Å²) in [6, 6.07) is -1.85. The van der Waals surface area contributed by atoms with Crippen LogP contribution >= 0.6 is 11.6 Å². The van der Waals surface area contributed by atoms with Crippen LogP contribution in [-0.4, -0.2) is 29.1 Å². The van der Waals surface area contributed by atoms with Gasteiger partial charge in [-0.3, -0.25) is 9.59 Å². The van der Waals surface area contributed by atoms with E-state index in [1.54, 1.807) is 0 Å². The maximum Gasteiger partial charge on any atom is 0.396 e. The Labute approximate surface area is 186 Å². The minimum absolute atomic E-state index is 0.162. The summed E-state index contributed by atoms with van der Waals surface area (Å²) in [5.74, 6) is -5.97. The van der Waals surface area contributed by atoms with Crippen molar-refractivity contribution in [1.82, 2.24) is 10.6 Å². The van der Waals surface area contributed by atoms with Gasteiger partial charge in [0.2, 0.25) is 11.8 Å². The maximum absolute atomic E-state index is 14.9. The number of carbonyl (C=O) groups excluding carboxylic acids is 2. The second-order valence-corrected chi connectivity index (χ2v) is 9.04. The van der Waals surface area contributed by atoms with Gasteiger partial charge in [0, 0.05) is 24.9 Å². The van der Waals surface area contributed by atoms with E-state index in [0.717, 1.165) is 0 Å². The van der Waals surface area contributed by atoms with E-state index in [9.17, 15) is 36.6 Å². The molecule has 2 amide bonds. The van der Waals surface area contributed by atoms with Gasteiger partial charge in [-0.25, -0.2) is 8.78 Å². The Kier molecular flexibility index (Phi) is 6.93. The van der Waals surface area contributed by atoms with Crippen LogP contribution < -0.4 is 10.6 Å². The first kappa shape index (κ1) is 24.5. The van der Waals surface area contributed by atoms with Crippen molar-refractivity contribution in [3.05, 3.63) is 28.3 Å². The number of aromatic hydroxyl groups is 1. The summed E-state index contributed by atoms with van der Waals surface area (Å²) < 4.78 is 72.6. The summed E-state index contributed by atoms with van der Waals surface area (Å²) >= 11 is 5.70. The second kappa shape index (κ2) is 9.03. The molecule has 0 bridgehead atoms. The standard InChI is InChI=1S/C21H24ClF5N2O3/c1-10(30)28-12-5-4-11(8-12)19(32)29-18(20(21(25,26)27)6-2-3-7-20)15-16(23)13(22)9-14(31)17(15)24/h9,11-12,18,31H,2-8H2,1H3,(H,28,30)(H,29,32). The van der Waals surface area contributed by atoms with E-state index in [-0.39, 0.29) is 31.2 Å². The molecule has 32 heavy (non-hydrogen) atoms. The van der Waals surface area contributed by atoms with E-state index in [0.29, 0.717) is 18.9 Å². The van der Waals surface area contributed by atoms with Gasteiger partial charge < -0.3 is 15.7 Å². The van der Waals surface area contributed by atoms with Gasteiger partial charge in [-0.05, 0) is 32.1 Å². The molecule has 5 nitrogen and oxygen atoms in total. The Hall–Kier alpha value is -2.10. The summed E-state index contributed by atoms with van der Waals surface area (Å²) in [7, 11) is 0. The highest BCUT2D eigenvalue weighted by molar-refractivity contribution is 6.31. The molecule has 1 aromatic carbocycles. The van der Waals surface area contributed by atoms with E-state index in [1.807, 2.05) is 0 Å². The van der Waals surface area contributed by atoms with Crippen LogP contribution in [0.2, 0.25) is 5.02 Å². The first-order chi connectivity index (χ1) is 14.9. The largest absolute Gasteiger partial charge is 0.505 e. The lowest BCUT2D eigenvalue weighted by atomic mass is 9.74. The Morgan fingerprint density at radius 2 is 1.81 bits per heavy atom. The fraction of sp³-hybridized carbons (Fsp3) is 0.619. The van der Waals surface area contributed by atoms with E-state index in [1.165, 1.54) is 6.92 Å². The van der Waals surface area contributed by atoms with Crippen LogP contribution in [0, 0.1) is 23.0 Å². The lowest BCUT2D eigenvalue weighted by molar-refractivity contribution is -0.234. The third-order valence-electron chi connectivity index (χ3n) is 6.57. The van der Waals surface area contributed by atoms with Crippen molar-refractivity contribution in [1.29, 1.82) is 0 Å². The molecule has 3 rings (SSSR count). The van der Waals surface area contributed by atoms with E-state index in [4.69, 9.17) is 11.6 Å². The van der Waals surface area contributed by atoms with Crippen molar-refractivity contribution in [2.24, 2.45) is 11.3 Å². The summed E-state index contributed by atoms with van der Waals surface area (Å²) in [4.78, 5) is 24.2. The lowest BCUT2D eigenvalue weighted by Crippen LogP contribution is -2.50. The quantitative estimate of drug-likeness (QED) is 0.412. The molecule has 3 N–H and O–H groups in total. The molecule has 0 saturated heterocycles. The molecule has 0 aliphatic heterocycles. The van der Waals surface area contributed by atoms with Crippen molar-refractivity contribution in [2.75, 3.05) is 0 Å². The number of rotatable bonds is 5. The van der Waals surface area contributed by atoms with Crippen LogP contribution in [0.3, 0.4) is 0 Å². The van der Waals surface area contributed by atoms with Gasteiger partial charge in [-0.1, -0.05) is 24.4 Å². The average molecular weight is 483 g/mol. The average Bonchev–Trinajstić information content (AvgIpc) is 3.35. The number of alkyl halides is 3. The predicted octanol–water partition coefficient (Wildman–Crippen LogP) is 4.91. The first-order valence-corrected chi connectivity index (χ1v) is 10.8. The number of carbonyl (C=O) groups is 2. The summed E-state index contributed by atoms with van der Waals surface area (Å²) in [6.07, 6.45) is -4.48. The zero-order valence-electron chi connectivity index (χ0n) is 17.3. The molecule has 1 aromatic rings. The van der Waals surface area contributed by atoms with Gasteiger partial charge >= 0.3 is 6.18 Å². The summed E-state index contributed by atoms with van der Waals surface area (Å²) in [6.45, 7) is 1.31. The number of nitrogens with one attached hydrogen (secondary N) is 2. The van der Waals surface area contributed by atoms with Crippen LogP contribution in [0.25, 0.3) is 0 Å². The fourth-order valence-corrected chi connectivity index (χ4v) is 5.19. The number of amides is 2. The molecule has 0 heterocycles. The number of halogens is 6. The minimum atomic E-state index is -4.88. The number of benzene rings is 1. The smallest absolute Gasteiger partial charge is 0.396 e. The molecule has 2 aliphatic carbocycles. The highest BCUT2D eigenvalue weighted by Gasteiger charge is 2.62. The van der Waals surface area contributed by atoms with Crippen molar-refractivity contribution >= 4 is 23.4 Å². The fourth-order valence-electron chi connectivity index (χ4n) is 4.99. The Morgan fingerprint density at radius 1 is 1.19 bits per heavy atom. The van der Waals surface area contributed by atoms with Crippen molar-refractivity contribution < 1.29 is 36.6 Å². The van der Waals surface area contributed by atoms with Crippen LogP contribution in [0.1, 0.15) is 63.5 Å². The Bertz CT molecular complexity index is 876. The van der Waals surface area contributed by atoms with Gasteiger partial charge in [0.05, 0.1) is 22.0 Å². The minimum Gasteiger partial charge on any atom is -0.505 e. The van der Waals surface area contributed by atoms with Gasteiger partial charge in [0.15, 0.2) is 11.6 Å². The van der Waals surface area contributed by atoms with Crippen LogP contribution in [-0.2, 0) is 9.59 Å². The second-order valence-electron chi connectivity index (χ2n) is 8.63. The molecular weight excluding hydrogens is 459 g/mol. The maximum atomic E-state index is 14.9. The monoisotopic (exact) mass is 482 g/mol. The highest BCUT2D eigenvalue weighted by atomic mass is 35.5. The zero-order chi connectivity index (χ0) is 23.8. The van der Waals surface area contributed by atoms with Gasteiger partial charge in [0.1, 0.15) is 5.82 Å². The molecule has 2 saturated carbocycles. The molecule has 0 aromatic heterocycles. The van der Waals surface area contributed by atoms with Gasteiger partial charge in [0.25, 0.3) is 0 Å². The number of hydrogen-bond donors (Lipinski definition) is 3. The van der Waals surface area contributed by atoms with Crippen LogP contribution in [0.5, 0.6) is 5.75 Å². The van der Waals surface area contributed by atoms with Gasteiger partial charge in [-0.2, -0.15) is 13.2 Å². The topological polar surface area (TPSA) is 78.4 Å². The molecule has 0 radical (unpaired) electrons. The lowest BCUT2D eigenvalue weighted by Gasteiger charge is -2.40. The molecular formula is C21H24ClF5N2O3. The molecule has 11 heteroatoms. The first-order valence-electron chi connectivity index (χ1n) is 10.4. The molecule has 3 unspecified atom stereocenters. The van der Waals surface area contributed by atoms with Gasteiger partial charge in [-0.15, -0.1) is 0 Å². The van der Waals surface area contributed by atoms with Crippen molar-refractivity contribution in [2.45, 2.75) is 70.1 Å². The van der Waals surface area contributed by atoms with Crippen molar-refractivity contribution in [3.63, 3.8) is 0 Å². The predicted molar refractivity (Wildman–Crippen MR) is 106 cm³/mol. The van der Waals surface area contributed by atoms with Crippen LogP contribution in [0.15, 0.2) is 6.07 Å². The highest BCUT2D eigenvalue weighted by Crippen LogP contribution is 2.58. The third kappa shape index (κ3) is 4.51. The molecule has 3 atom stereocenters. The van der Waals surface area contributed by atoms with E-state index >= 15 is 0 Å². The normalized spacial score (nSPS) is 23.7.